The van der Waals surface area contributed by atoms with Crippen molar-refractivity contribution < 1.29 is 23.0 Å². The van der Waals surface area contributed by atoms with E-state index in [4.69, 9.17) is 9.84 Å². The fourth-order valence-electron chi connectivity index (χ4n) is 3.62. The standard InChI is InChI=1S/C21H22F3N5O4S/c1-12-10-25-15(34-12)11-29-16-17(27(2)20(32)28(18(16)31)7-4-8-30)26-19(29)33-14-6-3-5-13(9-14)21(22,23)24/h3,5-6,9-10,15,25,30H,4,7-8,11H2,1-2H3. The van der Waals surface area contributed by atoms with E-state index in [9.17, 15) is 22.8 Å². The topological polar surface area (TPSA) is 103 Å². The van der Waals surface area contributed by atoms with Crippen molar-refractivity contribution in [2.24, 2.45) is 7.05 Å². The van der Waals surface area contributed by atoms with Crippen LogP contribution >= 0.6 is 11.8 Å². The fraction of sp³-hybridized carbons (Fsp3) is 0.381. The van der Waals surface area contributed by atoms with E-state index in [1.54, 1.807) is 0 Å². The van der Waals surface area contributed by atoms with Crippen molar-refractivity contribution in [1.82, 2.24) is 24.0 Å². The van der Waals surface area contributed by atoms with Gasteiger partial charge in [0.05, 0.1) is 17.5 Å². The van der Waals surface area contributed by atoms with Crippen molar-refractivity contribution in [3.05, 3.63) is 61.8 Å². The normalized spacial score (nSPS) is 16.1. The first kappa shape index (κ1) is 24.0. The number of hydrogen-bond donors (Lipinski definition) is 2. The predicted molar refractivity (Wildman–Crippen MR) is 121 cm³/mol. The van der Waals surface area contributed by atoms with E-state index in [0.717, 1.165) is 21.6 Å². The predicted octanol–water partition coefficient (Wildman–Crippen LogP) is 2.61. The van der Waals surface area contributed by atoms with Gasteiger partial charge in [-0.05, 0) is 36.4 Å². The molecule has 1 aliphatic rings. The minimum Gasteiger partial charge on any atom is -0.425 e. The minimum atomic E-state index is -4.56. The largest absolute Gasteiger partial charge is 0.425 e. The smallest absolute Gasteiger partial charge is 0.416 e. The average molecular weight is 497 g/mol. The molecule has 4 rings (SSSR count). The van der Waals surface area contributed by atoms with Gasteiger partial charge in [0, 0.05) is 26.4 Å². The number of alkyl halides is 3. The van der Waals surface area contributed by atoms with Crippen molar-refractivity contribution in [2.45, 2.75) is 38.0 Å². The molecule has 1 aliphatic heterocycles. The summed E-state index contributed by atoms with van der Waals surface area (Å²) in [5.74, 6) is -0.113. The number of rotatable bonds is 7. The minimum absolute atomic E-state index is 0.00401. The second kappa shape index (κ2) is 9.22. The lowest BCUT2D eigenvalue weighted by atomic mass is 10.2. The van der Waals surface area contributed by atoms with Crippen LogP contribution in [0.1, 0.15) is 18.9 Å². The van der Waals surface area contributed by atoms with Crippen molar-refractivity contribution in [1.29, 1.82) is 0 Å². The first-order valence-corrected chi connectivity index (χ1v) is 11.2. The molecule has 34 heavy (non-hydrogen) atoms. The number of benzene rings is 1. The molecule has 1 atom stereocenters. The highest BCUT2D eigenvalue weighted by Crippen LogP contribution is 2.34. The second-order valence-electron chi connectivity index (χ2n) is 7.71. The van der Waals surface area contributed by atoms with E-state index < -0.39 is 23.0 Å². The molecule has 9 nitrogen and oxygen atoms in total. The van der Waals surface area contributed by atoms with Crippen LogP contribution in [-0.4, -0.2) is 35.8 Å². The molecule has 3 aromatic rings. The highest BCUT2D eigenvalue weighted by Gasteiger charge is 2.31. The summed E-state index contributed by atoms with van der Waals surface area (Å²) in [6, 6.07) is 4.22. The van der Waals surface area contributed by atoms with Crippen LogP contribution in [0.3, 0.4) is 0 Å². The fourth-order valence-corrected chi connectivity index (χ4v) is 4.57. The summed E-state index contributed by atoms with van der Waals surface area (Å²) in [5.41, 5.74) is -2.00. The Balaban J connectivity index is 1.86. The zero-order valence-corrected chi connectivity index (χ0v) is 19.1. The number of ether oxygens (including phenoxy) is 1. The number of aliphatic hydroxyl groups excluding tert-OH is 1. The highest BCUT2D eigenvalue weighted by atomic mass is 32.2. The zero-order valence-electron chi connectivity index (χ0n) is 18.3. The Morgan fingerprint density at radius 1 is 1.26 bits per heavy atom. The molecule has 0 radical (unpaired) electrons. The molecule has 13 heteroatoms. The number of aryl methyl sites for hydroxylation is 1. The first-order chi connectivity index (χ1) is 16.1. The van der Waals surface area contributed by atoms with Crippen LogP contribution in [0.4, 0.5) is 13.2 Å². The Hall–Kier alpha value is -3.19. The summed E-state index contributed by atoms with van der Waals surface area (Å²) < 4.78 is 48.9. The van der Waals surface area contributed by atoms with Crippen LogP contribution in [0.25, 0.3) is 11.2 Å². The Morgan fingerprint density at radius 2 is 2.03 bits per heavy atom. The molecule has 2 aromatic heterocycles. The number of hydrogen-bond acceptors (Lipinski definition) is 7. The van der Waals surface area contributed by atoms with Crippen LogP contribution < -0.4 is 21.3 Å². The molecule has 0 aliphatic carbocycles. The number of imidazole rings is 1. The molecule has 3 heterocycles. The average Bonchev–Trinajstić information content (AvgIpc) is 3.35. The van der Waals surface area contributed by atoms with E-state index in [-0.39, 0.29) is 54.4 Å². The van der Waals surface area contributed by atoms with Gasteiger partial charge in [0.15, 0.2) is 11.2 Å². The van der Waals surface area contributed by atoms with E-state index in [0.29, 0.717) is 0 Å². The van der Waals surface area contributed by atoms with Gasteiger partial charge in [0.1, 0.15) is 5.75 Å². The lowest BCUT2D eigenvalue weighted by Crippen LogP contribution is -2.40. The summed E-state index contributed by atoms with van der Waals surface area (Å²) in [5, 5.41) is 12.1. The Labute approximate surface area is 195 Å². The van der Waals surface area contributed by atoms with Crippen LogP contribution in [0.2, 0.25) is 0 Å². The van der Waals surface area contributed by atoms with Crippen molar-refractivity contribution in [3.63, 3.8) is 0 Å². The van der Waals surface area contributed by atoms with E-state index >= 15 is 0 Å². The third-order valence-electron chi connectivity index (χ3n) is 5.26. The van der Waals surface area contributed by atoms with Gasteiger partial charge in [0.2, 0.25) is 0 Å². The number of allylic oxidation sites excluding steroid dienone is 1. The first-order valence-electron chi connectivity index (χ1n) is 10.4. The summed E-state index contributed by atoms with van der Waals surface area (Å²) in [6.07, 6.45) is -2.54. The summed E-state index contributed by atoms with van der Waals surface area (Å²) in [4.78, 5) is 31.3. The molecule has 0 fully saturated rings. The number of aliphatic hydroxyl groups is 1. The number of nitrogens with one attached hydrogen (secondary N) is 1. The van der Waals surface area contributed by atoms with Crippen molar-refractivity contribution >= 4 is 22.9 Å². The maximum atomic E-state index is 13.3. The van der Waals surface area contributed by atoms with Crippen molar-refractivity contribution in [3.8, 4) is 11.8 Å². The Morgan fingerprint density at radius 3 is 2.68 bits per heavy atom. The Kier molecular flexibility index (Phi) is 6.49. The molecule has 0 amide bonds. The van der Waals surface area contributed by atoms with Gasteiger partial charge in [-0.15, -0.1) is 11.8 Å². The van der Waals surface area contributed by atoms with Gasteiger partial charge < -0.3 is 15.2 Å². The zero-order chi connectivity index (χ0) is 24.6. The molecular weight excluding hydrogens is 475 g/mol. The maximum Gasteiger partial charge on any atom is 0.416 e. The lowest BCUT2D eigenvalue weighted by molar-refractivity contribution is -0.137. The summed E-state index contributed by atoms with van der Waals surface area (Å²) in [7, 11) is 1.44. The van der Waals surface area contributed by atoms with E-state index in [1.807, 2.05) is 13.1 Å². The van der Waals surface area contributed by atoms with Gasteiger partial charge in [0.25, 0.3) is 5.56 Å². The molecule has 2 N–H and O–H groups in total. The van der Waals surface area contributed by atoms with Crippen LogP contribution in [0.15, 0.2) is 45.0 Å². The van der Waals surface area contributed by atoms with E-state index in [1.165, 1.54) is 40.1 Å². The molecule has 0 saturated carbocycles. The third-order valence-corrected chi connectivity index (χ3v) is 6.32. The highest BCUT2D eigenvalue weighted by molar-refractivity contribution is 8.03. The molecule has 1 aromatic carbocycles. The third kappa shape index (κ3) is 4.57. The molecule has 1 unspecified atom stereocenters. The molecule has 0 spiro atoms. The van der Waals surface area contributed by atoms with Gasteiger partial charge >= 0.3 is 17.9 Å². The number of halogens is 3. The van der Waals surface area contributed by atoms with E-state index in [2.05, 4.69) is 10.3 Å². The molecule has 0 saturated heterocycles. The van der Waals surface area contributed by atoms with Crippen molar-refractivity contribution in [2.75, 3.05) is 6.61 Å². The summed E-state index contributed by atoms with van der Waals surface area (Å²) >= 11 is 1.51. The van der Waals surface area contributed by atoms with Gasteiger partial charge in [-0.25, -0.2) is 4.79 Å². The van der Waals surface area contributed by atoms with Gasteiger partial charge in [-0.1, -0.05) is 6.07 Å². The van der Waals surface area contributed by atoms with Crippen LogP contribution in [-0.2, 0) is 26.3 Å². The lowest BCUT2D eigenvalue weighted by Gasteiger charge is -2.15. The second-order valence-corrected chi connectivity index (χ2v) is 9.16. The van der Waals surface area contributed by atoms with Gasteiger partial charge in [-0.2, -0.15) is 18.2 Å². The quantitative estimate of drug-likeness (QED) is 0.517. The maximum absolute atomic E-state index is 13.3. The van der Waals surface area contributed by atoms with Crippen LogP contribution in [0.5, 0.6) is 11.8 Å². The molecule has 182 valence electrons. The van der Waals surface area contributed by atoms with Crippen LogP contribution in [0, 0.1) is 0 Å². The molecular formula is C21H22F3N5O4S. The monoisotopic (exact) mass is 497 g/mol. The SMILES string of the molecule is CC1=CNC(Cn2c(Oc3cccc(C(F)(F)F)c3)nc3c2c(=O)n(CCCO)c(=O)n3C)S1. The Bertz CT molecular complexity index is 1380. The number of aromatic nitrogens is 4. The van der Waals surface area contributed by atoms with Gasteiger partial charge in [-0.3, -0.25) is 18.5 Å². The number of nitrogens with zero attached hydrogens (tertiary/aromatic N) is 4. The summed E-state index contributed by atoms with van der Waals surface area (Å²) in [6.45, 7) is 1.90. The number of thioether (sulfide) groups is 1. The molecule has 0 bridgehead atoms. The number of fused-ring (bicyclic) bond motifs is 1.